The molecule has 3 rings (SSSR count). The molecule has 2 aromatic heterocycles. The van der Waals surface area contributed by atoms with E-state index in [-0.39, 0.29) is 5.91 Å². The number of aliphatic hydroxyl groups is 1. The fraction of sp³-hybridized carbons (Fsp3) is 0.385. The smallest absolute Gasteiger partial charge is 0.273 e. The Kier molecular flexibility index (Phi) is 3.12. The third-order valence-electron chi connectivity index (χ3n) is 3.18. The number of thiazole rings is 1. The van der Waals surface area contributed by atoms with E-state index in [1.54, 1.807) is 17.2 Å². The van der Waals surface area contributed by atoms with E-state index in [0.29, 0.717) is 36.0 Å². The van der Waals surface area contributed by atoms with Crippen LogP contribution in [0.5, 0.6) is 0 Å². The summed E-state index contributed by atoms with van der Waals surface area (Å²) in [7, 11) is 0. The number of carbonyl (C=O) groups excluding carboxylic acids is 1. The molecule has 1 amide bonds. The molecule has 0 spiro atoms. The van der Waals surface area contributed by atoms with Crippen LogP contribution in [0.15, 0.2) is 22.8 Å². The molecule has 100 valence electrons. The molecule has 5 nitrogen and oxygen atoms in total. The van der Waals surface area contributed by atoms with Gasteiger partial charge in [-0.05, 0) is 25.5 Å². The first kappa shape index (κ1) is 12.4. The minimum absolute atomic E-state index is 0.108. The monoisotopic (exact) mass is 278 g/mol. The number of likely N-dealkylation sites (tertiary alicyclic amines) is 1. The lowest BCUT2D eigenvalue weighted by Gasteiger charge is -2.14. The van der Waals surface area contributed by atoms with Crippen LogP contribution in [-0.4, -0.2) is 40.1 Å². The highest BCUT2D eigenvalue weighted by atomic mass is 32.1. The van der Waals surface area contributed by atoms with Gasteiger partial charge >= 0.3 is 0 Å². The molecular weight excluding hydrogens is 264 g/mol. The van der Waals surface area contributed by atoms with Gasteiger partial charge in [0.2, 0.25) is 0 Å². The second kappa shape index (κ2) is 4.79. The van der Waals surface area contributed by atoms with Gasteiger partial charge in [-0.25, -0.2) is 4.98 Å². The van der Waals surface area contributed by atoms with Crippen LogP contribution in [-0.2, 0) is 0 Å². The first-order chi connectivity index (χ1) is 9.15. The van der Waals surface area contributed by atoms with Gasteiger partial charge in [0.25, 0.3) is 5.91 Å². The van der Waals surface area contributed by atoms with Crippen LogP contribution in [0.4, 0.5) is 0 Å². The van der Waals surface area contributed by atoms with Crippen LogP contribution >= 0.6 is 11.3 Å². The van der Waals surface area contributed by atoms with Crippen LogP contribution in [0, 0.1) is 6.92 Å². The maximum atomic E-state index is 12.3. The number of rotatable bonds is 2. The molecule has 1 aliphatic rings. The predicted octanol–water partition coefficient (Wildman–Crippen LogP) is 1.92. The maximum absolute atomic E-state index is 12.3. The topological polar surface area (TPSA) is 66.6 Å². The predicted molar refractivity (Wildman–Crippen MR) is 71.1 cm³/mol. The van der Waals surface area contributed by atoms with E-state index < -0.39 is 6.10 Å². The van der Waals surface area contributed by atoms with Crippen LogP contribution in [0.1, 0.15) is 21.8 Å². The zero-order valence-corrected chi connectivity index (χ0v) is 11.3. The number of aliphatic hydroxyl groups excluding tert-OH is 1. The van der Waals surface area contributed by atoms with Gasteiger partial charge in [-0.15, -0.1) is 11.3 Å². The van der Waals surface area contributed by atoms with Crippen molar-refractivity contribution in [2.24, 2.45) is 0 Å². The Labute approximate surface area is 114 Å². The van der Waals surface area contributed by atoms with E-state index >= 15 is 0 Å². The third kappa shape index (κ3) is 2.29. The Morgan fingerprint density at radius 2 is 2.47 bits per heavy atom. The fourth-order valence-electron chi connectivity index (χ4n) is 2.18. The Hall–Kier alpha value is -1.66. The minimum atomic E-state index is -0.410. The maximum Gasteiger partial charge on any atom is 0.273 e. The van der Waals surface area contributed by atoms with E-state index in [1.165, 1.54) is 11.3 Å². The second-order valence-corrected chi connectivity index (χ2v) is 5.80. The van der Waals surface area contributed by atoms with E-state index in [1.807, 2.05) is 13.0 Å². The van der Waals surface area contributed by atoms with Crippen molar-refractivity contribution >= 4 is 17.2 Å². The largest absolute Gasteiger partial charge is 0.462 e. The summed E-state index contributed by atoms with van der Waals surface area (Å²) in [5.74, 6) is 0.566. The number of furan rings is 1. The lowest BCUT2D eigenvalue weighted by Crippen LogP contribution is -2.30. The summed E-state index contributed by atoms with van der Waals surface area (Å²) in [5, 5.41) is 10.2. The summed E-state index contributed by atoms with van der Waals surface area (Å²) in [5.41, 5.74) is 0.463. The molecule has 1 fully saturated rings. The normalized spacial score (nSPS) is 19.1. The highest BCUT2D eigenvalue weighted by Crippen LogP contribution is 2.29. The SMILES string of the molecule is Cc1sc(-c2ccco2)nc1C(=O)N1CC[C@@H](O)C1. The first-order valence-electron chi connectivity index (χ1n) is 6.14. The molecule has 1 aliphatic heterocycles. The van der Waals surface area contributed by atoms with Gasteiger partial charge in [0.15, 0.2) is 10.8 Å². The van der Waals surface area contributed by atoms with Crippen molar-refractivity contribution in [3.05, 3.63) is 29.0 Å². The molecule has 1 saturated heterocycles. The van der Waals surface area contributed by atoms with Crippen LogP contribution in [0.2, 0.25) is 0 Å². The lowest BCUT2D eigenvalue weighted by molar-refractivity contribution is 0.0759. The van der Waals surface area contributed by atoms with Crippen molar-refractivity contribution in [3.63, 3.8) is 0 Å². The second-order valence-electron chi connectivity index (χ2n) is 4.59. The zero-order valence-electron chi connectivity index (χ0n) is 10.5. The van der Waals surface area contributed by atoms with Gasteiger partial charge in [0.1, 0.15) is 5.69 Å². The molecule has 0 radical (unpaired) electrons. The number of hydrogen-bond donors (Lipinski definition) is 1. The molecule has 19 heavy (non-hydrogen) atoms. The molecule has 0 aromatic carbocycles. The molecule has 3 heterocycles. The highest BCUT2D eigenvalue weighted by Gasteiger charge is 2.28. The van der Waals surface area contributed by atoms with Gasteiger partial charge in [-0.3, -0.25) is 4.79 Å². The number of aryl methyl sites for hydroxylation is 1. The van der Waals surface area contributed by atoms with Gasteiger partial charge in [0, 0.05) is 18.0 Å². The van der Waals surface area contributed by atoms with Crippen molar-refractivity contribution in [3.8, 4) is 10.8 Å². The van der Waals surface area contributed by atoms with E-state index in [0.717, 1.165) is 4.88 Å². The van der Waals surface area contributed by atoms with Gasteiger partial charge in [0.05, 0.1) is 12.4 Å². The van der Waals surface area contributed by atoms with Crippen molar-refractivity contribution in [1.29, 1.82) is 0 Å². The summed E-state index contributed by atoms with van der Waals surface area (Å²) >= 11 is 1.45. The summed E-state index contributed by atoms with van der Waals surface area (Å²) in [6.07, 6.45) is 1.82. The Bertz CT molecular complexity index is 591. The number of amides is 1. The summed E-state index contributed by atoms with van der Waals surface area (Å²) in [4.78, 5) is 19.2. The number of β-amino-alcohol motifs (C(OH)–C–C–N with tert-alkyl or cyclic N) is 1. The summed E-state index contributed by atoms with van der Waals surface area (Å²) < 4.78 is 5.29. The zero-order chi connectivity index (χ0) is 13.4. The van der Waals surface area contributed by atoms with Crippen molar-refractivity contribution < 1.29 is 14.3 Å². The van der Waals surface area contributed by atoms with Crippen molar-refractivity contribution in [2.45, 2.75) is 19.4 Å². The molecule has 1 atom stereocenters. The minimum Gasteiger partial charge on any atom is -0.462 e. The standard InChI is InChI=1S/C13H14N2O3S/c1-8-11(13(17)15-5-4-9(16)7-15)14-12(19-8)10-3-2-6-18-10/h2-3,6,9,16H,4-5,7H2,1H3/t9-/m1/s1. The average molecular weight is 278 g/mol. The first-order valence-corrected chi connectivity index (χ1v) is 6.95. The summed E-state index contributed by atoms with van der Waals surface area (Å²) in [6.45, 7) is 2.86. The number of carbonyl (C=O) groups is 1. The van der Waals surface area contributed by atoms with E-state index in [9.17, 15) is 9.90 Å². The van der Waals surface area contributed by atoms with Crippen LogP contribution in [0.25, 0.3) is 10.8 Å². The quantitative estimate of drug-likeness (QED) is 0.911. The summed E-state index contributed by atoms with van der Waals surface area (Å²) in [6, 6.07) is 3.62. The van der Waals surface area contributed by atoms with Crippen LogP contribution in [0.3, 0.4) is 0 Å². The fourth-order valence-corrected chi connectivity index (χ4v) is 3.05. The molecule has 0 bridgehead atoms. The molecule has 6 heteroatoms. The number of hydrogen-bond acceptors (Lipinski definition) is 5. The van der Waals surface area contributed by atoms with Crippen LogP contribution < -0.4 is 0 Å². The average Bonchev–Trinajstić information content (AvgIpc) is 3.07. The Morgan fingerprint density at radius 1 is 1.63 bits per heavy atom. The van der Waals surface area contributed by atoms with Gasteiger partial charge in [-0.2, -0.15) is 0 Å². The van der Waals surface area contributed by atoms with Crippen molar-refractivity contribution in [1.82, 2.24) is 9.88 Å². The molecule has 2 aromatic rings. The molecule has 0 unspecified atom stereocenters. The third-order valence-corrected chi connectivity index (χ3v) is 4.17. The molecule has 1 N–H and O–H groups in total. The number of nitrogens with zero attached hydrogens (tertiary/aromatic N) is 2. The van der Waals surface area contributed by atoms with E-state index in [4.69, 9.17) is 4.42 Å². The molecule has 0 saturated carbocycles. The molecule has 0 aliphatic carbocycles. The van der Waals surface area contributed by atoms with Gasteiger partial charge in [-0.1, -0.05) is 0 Å². The lowest BCUT2D eigenvalue weighted by atomic mass is 10.3. The molecular formula is C13H14N2O3S. The number of aromatic nitrogens is 1. The highest BCUT2D eigenvalue weighted by molar-refractivity contribution is 7.15. The Morgan fingerprint density at radius 3 is 3.11 bits per heavy atom. The Balaban J connectivity index is 1.87. The van der Waals surface area contributed by atoms with E-state index in [2.05, 4.69) is 4.98 Å². The van der Waals surface area contributed by atoms with Gasteiger partial charge < -0.3 is 14.4 Å². The van der Waals surface area contributed by atoms with Crippen molar-refractivity contribution in [2.75, 3.05) is 13.1 Å².